The molecule has 0 aromatic heterocycles. The molecule has 1 saturated heterocycles. The molecule has 11 heteroatoms. The molecule has 0 spiro atoms. The van der Waals surface area contributed by atoms with Gasteiger partial charge in [-0.25, -0.2) is 9.59 Å². The number of likely N-dealkylation sites (tertiary alicyclic amines) is 1. The topological polar surface area (TPSA) is 141 Å². The number of carbonyl (C=O) groups excluding carboxylic acids is 3. The van der Waals surface area contributed by atoms with Crippen LogP contribution in [0, 0.1) is 0 Å². The normalized spacial score (nSPS) is 16.3. The molecular weight excluding hydrogens is 484 g/mol. The van der Waals surface area contributed by atoms with E-state index in [-0.39, 0.29) is 32.1 Å². The number of β-lactam (4-membered cyclic amide) rings is 1. The molecule has 2 aromatic carbocycles. The highest BCUT2D eigenvalue weighted by molar-refractivity contribution is 6.00. The largest absolute Gasteiger partial charge is 0.484 e. The summed E-state index contributed by atoms with van der Waals surface area (Å²) in [6.45, 7) is 2.09. The first-order valence-corrected chi connectivity index (χ1v) is 11.4. The van der Waals surface area contributed by atoms with E-state index >= 15 is 0 Å². The van der Waals surface area contributed by atoms with Crippen molar-refractivity contribution in [1.82, 2.24) is 10.2 Å². The van der Waals surface area contributed by atoms with Crippen molar-refractivity contribution in [3.8, 4) is 11.5 Å². The van der Waals surface area contributed by atoms with Gasteiger partial charge in [0.05, 0.1) is 6.61 Å². The van der Waals surface area contributed by atoms with Crippen LogP contribution in [0.1, 0.15) is 13.8 Å². The Kier molecular flexibility index (Phi) is 9.61. The number of aliphatic carboxylic acids is 1. The maximum atomic E-state index is 12.8. The molecule has 37 heavy (non-hydrogen) atoms. The van der Waals surface area contributed by atoms with Crippen molar-refractivity contribution in [3.63, 3.8) is 0 Å². The molecule has 2 N–H and O–H groups in total. The van der Waals surface area contributed by atoms with Gasteiger partial charge < -0.3 is 29.4 Å². The number of hydrogen-bond acceptors (Lipinski definition) is 8. The van der Waals surface area contributed by atoms with E-state index in [1.807, 2.05) is 6.07 Å². The zero-order valence-corrected chi connectivity index (χ0v) is 20.4. The highest BCUT2D eigenvalue weighted by atomic mass is 16.6. The number of esters is 1. The molecule has 0 radical (unpaired) electrons. The fraction of sp³-hybridized carbons (Fsp3) is 0.308. The van der Waals surface area contributed by atoms with Gasteiger partial charge in [0.1, 0.15) is 23.8 Å². The predicted molar refractivity (Wildman–Crippen MR) is 129 cm³/mol. The molecule has 3 rings (SSSR count). The Morgan fingerprint density at radius 2 is 1.46 bits per heavy atom. The van der Waals surface area contributed by atoms with E-state index in [0.717, 1.165) is 4.90 Å². The number of carboxylic acids is 1. The molecule has 2 aromatic rings. The lowest BCUT2D eigenvalue weighted by Gasteiger charge is -2.46. The second-order valence-electron chi connectivity index (χ2n) is 8.09. The number of para-hydroxylation sites is 2. The molecule has 2 amide bonds. The van der Waals surface area contributed by atoms with Gasteiger partial charge >= 0.3 is 11.9 Å². The number of nitrogens with one attached hydrogen (secondary N) is 1. The molecule has 1 fully saturated rings. The van der Waals surface area contributed by atoms with E-state index in [2.05, 4.69) is 5.32 Å². The van der Waals surface area contributed by atoms with Crippen LogP contribution in [0.25, 0.3) is 0 Å². The predicted octanol–water partition coefficient (Wildman–Crippen LogP) is 1.74. The van der Waals surface area contributed by atoms with Gasteiger partial charge in [-0.2, -0.15) is 0 Å². The standard InChI is InChI=1S/C26H28N2O9/c1-17(2)23(26(32)33)28-24(31)22(27-20(29)15-36-18-9-5-3-6-10-18)25(28)35-14-13-34-21(30)16-37-19-11-7-4-8-12-19/h3-12,22,25H,13-16H2,1-2H3,(H,27,29)(H,32,33)/t22-,25?/m0/s1. The van der Waals surface area contributed by atoms with Crippen molar-refractivity contribution in [2.75, 3.05) is 26.4 Å². The van der Waals surface area contributed by atoms with Crippen LogP contribution in [-0.2, 0) is 28.7 Å². The Hall–Kier alpha value is -4.38. The van der Waals surface area contributed by atoms with Crippen LogP contribution < -0.4 is 14.8 Å². The average molecular weight is 513 g/mol. The third-order valence-corrected chi connectivity index (χ3v) is 5.12. The molecule has 1 heterocycles. The van der Waals surface area contributed by atoms with Crippen molar-refractivity contribution >= 4 is 23.8 Å². The van der Waals surface area contributed by atoms with Gasteiger partial charge in [-0.3, -0.25) is 14.5 Å². The van der Waals surface area contributed by atoms with Crippen molar-refractivity contribution in [2.24, 2.45) is 0 Å². The summed E-state index contributed by atoms with van der Waals surface area (Å²) in [5.41, 5.74) is 0.116. The second kappa shape index (κ2) is 13.1. The molecule has 196 valence electrons. The SMILES string of the molecule is CC(C)=C(C(=O)O)N1C(=O)[C@H](NC(=O)COc2ccccc2)C1OCCOC(=O)COc1ccccc1. The van der Waals surface area contributed by atoms with E-state index in [9.17, 15) is 24.3 Å². The number of ether oxygens (including phenoxy) is 4. The Balaban J connectivity index is 1.55. The van der Waals surface area contributed by atoms with Gasteiger partial charge in [0, 0.05) is 0 Å². The number of allylic oxidation sites excluding steroid dienone is 1. The lowest BCUT2D eigenvalue weighted by Crippen LogP contribution is -2.72. The zero-order valence-electron chi connectivity index (χ0n) is 20.4. The number of hydrogen-bond donors (Lipinski definition) is 2. The van der Waals surface area contributed by atoms with Gasteiger partial charge in [0.25, 0.3) is 11.8 Å². The summed E-state index contributed by atoms with van der Waals surface area (Å²) in [6.07, 6.45) is -1.12. The molecule has 0 saturated carbocycles. The number of carboxylic acid groups (broad SMARTS) is 1. The second-order valence-corrected chi connectivity index (χ2v) is 8.09. The molecule has 0 bridgehead atoms. The number of carbonyl (C=O) groups is 4. The summed E-state index contributed by atoms with van der Waals surface area (Å²) in [5.74, 6) is -2.20. The molecular formula is C26H28N2O9. The summed E-state index contributed by atoms with van der Waals surface area (Å²) in [4.78, 5) is 49.8. The van der Waals surface area contributed by atoms with Gasteiger partial charge in [-0.15, -0.1) is 0 Å². The van der Waals surface area contributed by atoms with E-state index in [4.69, 9.17) is 18.9 Å². The van der Waals surface area contributed by atoms with Gasteiger partial charge in [-0.05, 0) is 43.7 Å². The van der Waals surface area contributed by atoms with Gasteiger partial charge in [0.2, 0.25) is 0 Å². The number of benzene rings is 2. The third-order valence-electron chi connectivity index (χ3n) is 5.12. The minimum Gasteiger partial charge on any atom is -0.484 e. The van der Waals surface area contributed by atoms with Gasteiger partial charge in [0.15, 0.2) is 25.5 Å². The van der Waals surface area contributed by atoms with Crippen molar-refractivity contribution in [2.45, 2.75) is 26.1 Å². The molecule has 1 aliphatic heterocycles. The highest BCUT2D eigenvalue weighted by Crippen LogP contribution is 2.28. The average Bonchev–Trinajstić information content (AvgIpc) is 2.89. The maximum absolute atomic E-state index is 12.8. The Morgan fingerprint density at radius 1 is 0.892 bits per heavy atom. The lowest BCUT2D eigenvalue weighted by atomic mass is 10.0. The van der Waals surface area contributed by atoms with Crippen molar-refractivity contribution in [3.05, 3.63) is 71.9 Å². The summed E-state index contributed by atoms with van der Waals surface area (Å²) in [7, 11) is 0. The van der Waals surface area contributed by atoms with Crippen LogP contribution >= 0.6 is 0 Å². The summed E-state index contributed by atoms with van der Waals surface area (Å²) < 4.78 is 21.4. The summed E-state index contributed by atoms with van der Waals surface area (Å²) in [6, 6.07) is 16.2. The van der Waals surface area contributed by atoms with E-state index in [0.29, 0.717) is 17.1 Å². The minimum atomic E-state index is -1.32. The van der Waals surface area contributed by atoms with Crippen molar-refractivity contribution < 1.29 is 43.2 Å². The number of nitrogens with zero attached hydrogens (tertiary/aromatic N) is 1. The van der Waals surface area contributed by atoms with Crippen LogP contribution in [0.15, 0.2) is 71.9 Å². The number of rotatable bonds is 13. The minimum absolute atomic E-state index is 0.159. The fourth-order valence-electron chi connectivity index (χ4n) is 3.47. The Labute approximate surface area is 213 Å². The third kappa shape index (κ3) is 7.55. The number of amides is 2. The van der Waals surface area contributed by atoms with Crippen LogP contribution in [0.2, 0.25) is 0 Å². The summed E-state index contributed by atoms with van der Waals surface area (Å²) in [5, 5.41) is 12.1. The first-order valence-electron chi connectivity index (χ1n) is 11.4. The van der Waals surface area contributed by atoms with Gasteiger partial charge in [-0.1, -0.05) is 36.4 Å². The molecule has 1 unspecified atom stereocenters. The first-order chi connectivity index (χ1) is 17.8. The van der Waals surface area contributed by atoms with E-state index < -0.39 is 36.0 Å². The lowest BCUT2D eigenvalue weighted by molar-refractivity contribution is -0.185. The van der Waals surface area contributed by atoms with Crippen LogP contribution in [0.5, 0.6) is 11.5 Å². The monoisotopic (exact) mass is 512 g/mol. The molecule has 1 aliphatic rings. The highest BCUT2D eigenvalue weighted by Gasteiger charge is 2.52. The fourth-order valence-corrected chi connectivity index (χ4v) is 3.47. The molecule has 0 aliphatic carbocycles. The quantitative estimate of drug-likeness (QED) is 0.178. The first kappa shape index (κ1) is 27.2. The maximum Gasteiger partial charge on any atom is 0.352 e. The molecule has 11 nitrogen and oxygen atoms in total. The zero-order chi connectivity index (χ0) is 26.8. The summed E-state index contributed by atoms with van der Waals surface area (Å²) >= 11 is 0. The Morgan fingerprint density at radius 3 is 2.00 bits per heavy atom. The Bertz CT molecular complexity index is 1130. The molecule has 2 atom stereocenters. The van der Waals surface area contributed by atoms with Crippen LogP contribution in [-0.4, -0.2) is 72.5 Å². The smallest absolute Gasteiger partial charge is 0.352 e. The van der Waals surface area contributed by atoms with Crippen molar-refractivity contribution in [1.29, 1.82) is 0 Å². The van der Waals surface area contributed by atoms with E-state index in [1.165, 1.54) is 0 Å². The van der Waals surface area contributed by atoms with E-state index in [1.54, 1.807) is 68.4 Å². The van der Waals surface area contributed by atoms with Crippen LogP contribution in [0.4, 0.5) is 0 Å². The van der Waals surface area contributed by atoms with Crippen LogP contribution in [0.3, 0.4) is 0 Å².